The van der Waals surface area contributed by atoms with E-state index in [1.807, 2.05) is 4.90 Å². The number of anilines is 1. The minimum Gasteiger partial charge on any atom is -0.349 e. The standard InChI is InChI=1S/C24H25ClFN3O2/c1-14-19(10-16(25)12-27-14)22(30)28-18-5-2-15(3-6-18)13-29-21-7-4-17(26)11-20(21)24(8-9-24)23(29)31/h4,7,10-12,15,18H,2-3,5-6,8-9,13H2,1H3,(H,28,30). The van der Waals surface area contributed by atoms with Crippen LogP contribution < -0.4 is 10.2 Å². The van der Waals surface area contributed by atoms with Crippen molar-refractivity contribution in [1.82, 2.24) is 10.3 Å². The van der Waals surface area contributed by atoms with Gasteiger partial charge >= 0.3 is 0 Å². The SMILES string of the molecule is Cc1ncc(Cl)cc1C(=O)NC1CCC(CN2C(=O)C3(CC3)c3cc(F)ccc32)CC1. The van der Waals surface area contributed by atoms with E-state index in [4.69, 9.17) is 11.6 Å². The molecular formula is C24H25ClFN3O2. The summed E-state index contributed by atoms with van der Waals surface area (Å²) in [6.45, 7) is 2.46. The number of fused-ring (bicyclic) bond motifs is 2. The van der Waals surface area contributed by atoms with Crippen molar-refractivity contribution in [2.75, 3.05) is 11.4 Å². The predicted molar refractivity (Wildman–Crippen MR) is 117 cm³/mol. The van der Waals surface area contributed by atoms with Crippen molar-refractivity contribution in [2.45, 2.75) is 56.9 Å². The summed E-state index contributed by atoms with van der Waals surface area (Å²) in [6, 6.07) is 6.49. The van der Waals surface area contributed by atoms with Crippen molar-refractivity contribution < 1.29 is 14.0 Å². The molecule has 31 heavy (non-hydrogen) atoms. The number of pyridine rings is 1. The first-order valence-electron chi connectivity index (χ1n) is 10.9. The Bertz CT molecular complexity index is 1060. The summed E-state index contributed by atoms with van der Waals surface area (Å²) in [5.41, 5.74) is 2.45. The average molecular weight is 442 g/mol. The number of amides is 2. The van der Waals surface area contributed by atoms with Crippen LogP contribution in [0.2, 0.25) is 5.02 Å². The first kappa shape index (κ1) is 20.4. The minimum atomic E-state index is -0.467. The van der Waals surface area contributed by atoms with Crippen LogP contribution >= 0.6 is 11.6 Å². The fourth-order valence-corrected chi connectivity index (χ4v) is 5.31. The maximum atomic E-state index is 13.8. The van der Waals surface area contributed by atoms with Gasteiger partial charge in [0, 0.05) is 24.5 Å². The Morgan fingerprint density at radius 1 is 1.26 bits per heavy atom. The van der Waals surface area contributed by atoms with Crippen molar-refractivity contribution in [1.29, 1.82) is 0 Å². The topological polar surface area (TPSA) is 62.3 Å². The Labute approximate surface area is 186 Å². The van der Waals surface area contributed by atoms with Gasteiger partial charge < -0.3 is 10.2 Å². The second-order valence-electron chi connectivity index (χ2n) is 9.14. The third-order valence-corrected chi connectivity index (χ3v) is 7.30. The van der Waals surface area contributed by atoms with Gasteiger partial charge in [-0.3, -0.25) is 14.6 Å². The van der Waals surface area contributed by atoms with E-state index in [9.17, 15) is 14.0 Å². The summed E-state index contributed by atoms with van der Waals surface area (Å²) < 4.78 is 13.8. The van der Waals surface area contributed by atoms with Crippen molar-refractivity contribution in [2.24, 2.45) is 5.92 Å². The van der Waals surface area contributed by atoms with Crippen LogP contribution in [0.1, 0.15) is 60.1 Å². The van der Waals surface area contributed by atoms with E-state index in [0.29, 0.717) is 28.7 Å². The zero-order chi connectivity index (χ0) is 21.8. The maximum Gasteiger partial charge on any atom is 0.253 e. The fourth-order valence-electron chi connectivity index (χ4n) is 5.15. The molecule has 2 saturated carbocycles. The molecule has 2 aromatic rings. The Morgan fingerprint density at radius 2 is 2.00 bits per heavy atom. The molecule has 7 heteroatoms. The molecule has 2 amide bonds. The smallest absolute Gasteiger partial charge is 0.253 e. The number of rotatable bonds is 4. The number of nitrogens with one attached hydrogen (secondary N) is 1. The zero-order valence-corrected chi connectivity index (χ0v) is 18.2. The van der Waals surface area contributed by atoms with Crippen molar-refractivity contribution in [3.05, 3.63) is 58.1 Å². The van der Waals surface area contributed by atoms with Gasteiger partial charge in [0.2, 0.25) is 5.91 Å². The molecule has 0 unspecified atom stereocenters. The number of aromatic nitrogens is 1. The van der Waals surface area contributed by atoms with E-state index in [1.165, 1.54) is 12.3 Å². The lowest BCUT2D eigenvalue weighted by Gasteiger charge is -2.32. The number of halogens is 2. The number of benzene rings is 1. The largest absolute Gasteiger partial charge is 0.349 e. The molecule has 5 rings (SSSR count). The number of nitrogens with zero attached hydrogens (tertiary/aromatic N) is 2. The Morgan fingerprint density at radius 3 is 2.71 bits per heavy atom. The lowest BCUT2D eigenvalue weighted by Crippen LogP contribution is -2.41. The number of hydrogen-bond donors (Lipinski definition) is 1. The molecule has 162 valence electrons. The van der Waals surface area contributed by atoms with Gasteiger partial charge in [0.1, 0.15) is 5.82 Å². The fraction of sp³-hybridized carbons (Fsp3) is 0.458. The summed E-state index contributed by atoms with van der Waals surface area (Å²) >= 11 is 5.99. The van der Waals surface area contributed by atoms with Crippen LogP contribution in [0.15, 0.2) is 30.5 Å². The first-order valence-corrected chi connectivity index (χ1v) is 11.3. The molecule has 1 aliphatic heterocycles. The van der Waals surface area contributed by atoms with Gasteiger partial charge in [-0.05, 0) is 81.2 Å². The van der Waals surface area contributed by atoms with E-state index in [-0.39, 0.29) is 23.7 Å². The molecule has 0 saturated heterocycles. The first-order chi connectivity index (χ1) is 14.9. The summed E-state index contributed by atoms with van der Waals surface area (Å²) in [4.78, 5) is 31.8. The molecule has 1 spiro atoms. The Kier molecular flexibility index (Phi) is 5.00. The lowest BCUT2D eigenvalue weighted by molar-refractivity contribution is -0.120. The molecule has 3 aliphatic rings. The van der Waals surface area contributed by atoms with E-state index in [1.54, 1.807) is 25.1 Å². The van der Waals surface area contributed by atoms with E-state index >= 15 is 0 Å². The maximum absolute atomic E-state index is 13.8. The van der Waals surface area contributed by atoms with E-state index < -0.39 is 5.41 Å². The van der Waals surface area contributed by atoms with E-state index in [0.717, 1.165) is 49.8 Å². The number of carbonyl (C=O) groups excluding carboxylic acids is 2. The summed E-state index contributed by atoms with van der Waals surface area (Å²) in [7, 11) is 0. The Hall–Kier alpha value is -2.47. The average Bonchev–Trinajstić information content (AvgIpc) is 3.53. The second kappa shape index (κ2) is 7.59. The summed E-state index contributed by atoms with van der Waals surface area (Å²) in [6.07, 6.45) is 6.78. The van der Waals surface area contributed by atoms with Crippen molar-refractivity contribution in [3.8, 4) is 0 Å². The molecular weight excluding hydrogens is 417 g/mol. The summed E-state index contributed by atoms with van der Waals surface area (Å²) in [5.74, 6) is 0.0873. The lowest BCUT2D eigenvalue weighted by atomic mass is 9.85. The molecule has 0 bridgehead atoms. The van der Waals surface area contributed by atoms with Gasteiger partial charge in [0.05, 0.1) is 21.7 Å². The normalized spacial score (nSPS) is 23.7. The van der Waals surface area contributed by atoms with Gasteiger partial charge in [-0.1, -0.05) is 11.6 Å². The van der Waals surface area contributed by atoms with Crippen LogP contribution in [0.3, 0.4) is 0 Å². The molecule has 1 aromatic carbocycles. The number of aryl methyl sites for hydroxylation is 1. The van der Waals surface area contributed by atoms with Crippen molar-refractivity contribution in [3.63, 3.8) is 0 Å². The molecule has 2 fully saturated rings. The highest BCUT2D eigenvalue weighted by atomic mass is 35.5. The van der Waals surface area contributed by atoms with Crippen LogP contribution in [-0.4, -0.2) is 29.4 Å². The number of hydrogen-bond acceptors (Lipinski definition) is 3. The van der Waals surface area contributed by atoms with Gasteiger partial charge in [0.15, 0.2) is 0 Å². The monoisotopic (exact) mass is 441 g/mol. The van der Waals surface area contributed by atoms with Gasteiger partial charge in [-0.25, -0.2) is 4.39 Å². The van der Waals surface area contributed by atoms with Crippen molar-refractivity contribution >= 4 is 29.1 Å². The molecule has 1 aromatic heterocycles. The highest BCUT2D eigenvalue weighted by Gasteiger charge is 2.59. The van der Waals surface area contributed by atoms with Crippen LogP contribution in [0.5, 0.6) is 0 Å². The summed E-state index contributed by atoms with van der Waals surface area (Å²) in [5, 5.41) is 3.56. The third kappa shape index (κ3) is 3.61. The number of carbonyl (C=O) groups is 2. The zero-order valence-electron chi connectivity index (χ0n) is 17.5. The predicted octanol–water partition coefficient (Wildman–Crippen LogP) is 4.55. The van der Waals surface area contributed by atoms with Crippen LogP contribution in [0.25, 0.3) is 0 Å². The molecule has 1 N–H and O–H groups in total. The molecule has 0 radical (unpaired) electrons. The molecule has 2 aliphatic carbocycles. The molecule has 5 nitrogen and oxygen atoms in total. The molecule has 2 heterocycles. The van der Waals surface area contributed by atoms with E-state index in [2.05, 4.69) is 10.3 Å². The third-order valence-electron chi connectivity index (χ3n) is 7.09. The highest BCUT2D eigenvalue weighted by molar-refractivity contribution is 6.30. The van der Waals surface area contributed by atoms with Gasteiger partial charge in [-0.15, -0.1) is 0 Å². The van der Waals surface area contributed by atoms with Gasteiger partial charge in [0.25, 0.3) is 5.91 Å². The van der Waals surface area contributed by atoms with Crippen LogP contribution in [0, 0.1) is 18.7 Å². The highest BCUT2D eigenvalue weighted by Crippen LogP contribution is 2.57. The molecule has 0 atom stereocenters. The van der Waals surface area contributed by atoms with Crippen LogP contribution in [-0.2, 0) is 10.2 Å². The van der Waals surface area contributed by atoms with Gasteiger partial charge in [-0.2, -0.15) is 0 Å². The Balaban J connectivity index is 1.21. The quantitative estimate of drug-likeness (QED) is 0.757. The second-order valence-corrected chi connectivity index (χ2v) is 9.57. The minimum absolute atomic E-state index is 0.104. The van der Waals surface area contributed by atoms with Crippen LogP contribution in [0.4, 0.5) is 10.1 Å².